The van der Waals surface area contributed by atoms with E-state index in [4.69, 9.17) is 0 Å². The molecule has 1 aromatic heterocycles. The topological polar surface area (TPSA) is 80.4 Å². The van der Waals surface area contributed by atoms with Crippen molar-refractivity contribution >= 4 is 22.5 Å². The monoisotopic (exact) mass is 488 g/mol. The van der Waals surface area contributed by atoms with E-state index in [-0.39, 0.29) is 18.0 Å². The Morgan fingerprint density at radius 1 is 1.08 bits per heavy atom. The third-order valence-electron chi connectivity index (χ3n) is 6.20. The Morgan fingerprint density at radius 2 is 1.86 bits per heavy atom. The van der Waals surface area contributed by atoms with Gasteiger partial charge in [-0.1, -0.05) is 42.5 Å². The van der Waals surface area contributed by atoms with Crippen molar-refractivity contribution in [3.8, 4) is 0 Å². The molecular weight excluding hydrogens is 459 g/mol. The van der Waals surface area contributed by atoms with Crippen LogP contribution in [-0.2, 0) is 11.3 Å². The SMILES string of the molecule is CN(C)CCNC(=O)C[C@@H](c1cccc(F)c1)c1cn(Cc2ccccc2)c2ccc([N+](=O)[O-])cc12. The number of nitro groups is 1. The molecule has 0 aliphatic carbocycles. The third-order valence-corrected chi connectivity index (χ3v) is 6.20. The average molecular weight is 489 g/mol. The summed E-state index contributed by atoms with van der Waals surface area (Å²) in [6, 6.07) is 20.9. The molecule has 1 N–H and O–H groups in total. The van der Waals surface area contributed by atoms with Gasteiger partial charge in [0, 0.05) is 61.2 Å². The van der Waals surface area contributed by atoms with Gasteiger partial charge in [-0.3, -0.25) is 14.9 Å². The number of likely N-dealkylation sites (N-methyl/N-ethyl adjacent to an activating group) is 1. The van der Waals surface area contributed by atoms with Crippen LogP contribution in [0.15, 0.2) is 79.0 Å². The Bertz CT molecular complexity index is 1370. The summed E-state index contributed by atoms with van der Waals surface area (Å²) in [5.74, 6) is -1.05. The first-order valence-electron chi connectivity index (χ1n) is 11.8. The molecule has 7 nitrogen and oxygen atoms in total. The average Bonchev–Trinajstić information content (AvgIpc) is 3.20. The Labute approximate surface area is 209 Å². The van der Waals surface area contributed by atoms with E-state index in [1.165, 1.54) is 18.2 Å². The summed E-state index contributed by atoms with van der Waals surface area (Å²) in [6.07, 6.45) is 2.02. The fourth-order valence-corrected chi connectivity index (χ4v) is 4.42. The maximum Gasteiger partial charge on any atom is 0.270 e. The minimum Gasteiger partial charge on any atom is -0.355 e. The number of aromatic nitrogens is 1. The molecule has 0 radical (unpaired) electrons. The second-order valence-corrected chi connectivity index (χ2v) is 9.12. The summed E-state index contributed by atoms with van der Waals surface area (Å²) in [5.41, 5.74) is 3.24. The van der Waals surface area contributed by atoms with Crippen LogP contribution in [-0.4, -0.2) is 47.5 Å². The lowest BCUT2D eigenvalue weighted by molar-refractivity contribution is -0.384. The number of benzene rings is 3. The Balaban J connectivity index is 1.80. The molecule has 1 atom stereocenters. The molecule has 0 spiro atoms. The first kappa shape index (κ1) is 25.1. The molecule has 4 aromatic rings. The molecule has 0 aliphatic rings. The van der Waals surface area contributed by atoms with Crippen LogP contribution in [0.5, 0.6) is 0 Å². The van der Waals surface area contributed by atoms with Crippen LogP contribution in [0.25, 0.3) is 10.9 Å². The summed E-state index contributed by atoms with van der Waals surface area (Å²) in [4.78, 5) is 26.1. The van der Waals surface area contributed by atoms with Gasteiger partial charge in [-0.05, 0) is 49.0 Å². The van der Waals surface area contributed by atoms with Crippen LogP contribution in [0.4, 0.5) is 10.1 Å². The van der Waals surface area contributed by atoms with Gasteiger partial charge in [0.2, 0.25) is 5.91 Å². The van der Waals surface area contributed by atoms with Crippen LogP contribution in [0.1, 0.15) is 29.0 Å². The van der Waals surface area contributed by atoms with E-state index in [2.05, 4.69) is 5.32 Å². The number of amides is 1. The lowest BCUT2D eigenvalue weighted by atomic mass is 9.88. The standard InChI is InChI=1S/C28H29FN4O3/c1-31(2)14-13-30-28(34)17-24(21-9-6-10-22(29)15-21)26-19-32(18-20-7-4-3-5-8-20)27-12-11-23(33(35)36)16-25(26)27/h3-12,15-16,19,24H,13-14,17-18H2,1-2H3,(H,30,34)/t24-/m0/s1. The van der Waals surface area contributed by atoms with Gasteiger partial charge in [0.1, 0.15) is 5.82 Å². The Hall–Kier alpha value is -4.04. The van der Waals surface area contributed by atoms with Gasteiger partial charge in [0.15, 0.2) is 0 Å². The summed E-state index contributed by atoms with van der Waals surface area (Å²) in [6.45, 7) is 1.74. The second kappa shape index (κ2) is 11.1. The molecule has 1 amide bonds. The Morgan fingerprint density at radius 3 is 2.56 bits per heavy atom. The lowest BCUT2D eigenvalue weighted by Crippen LogP contribution is -2.32. The number of rotatable bonds is 10. The van der Waals surface area contributed by atoms with Crippen molar-refractivity contribution in [2.75, 3.05) is 27.2 Å². The van der Waals surface area contributed by atoms with Crippen molar-refractivity contribution in [3.63, 3.8) is 0 Å². The van der Waals surface area contributed by atoms with Gasteiger partial charge in [0.05, 0.1) is 4.92 Å². The summed E-state index contributed by atoms with van der Waals surface area (Å²) in [7, 11) is 3.85. The van der Waals surface area contributed by atoms with Crippen LogP contribution in [0, 0.1) is 15.9 Å². The zero-order valence-electron chi connectivity index (χ0n) is 20.4. The van der Waals surface area contributed by atoms with Crippen LogP contribution in [0.2, 0.25) is 0 Å². The zero-order chi connectivity index (χ0) is 25.7. The predicted octanol–water partition coefficient (Wildman–Crippen LogP) is 4.94. The van der Waals surface area contributed by atoms with Gasteiger partial charge < -0.3 is 14.8 Å². The highest BCUT2D eigenvalue weighted by Gasteiger charge is 2.24. The number of fused-ring (bicyclic) bond motifs is 1. The normalized spacial score (nSPS) is 12.1. The molecule has 0 fully saturated rings. The van der Waals surface area contributed by atoms with Gasteiger partial charge in [0.25, 0.3) is 5.69 Å². The fourth-order valence-electron chi connectivity index (χ4n) is 4.42. The van der Waals surface area contributed by atoms with Crippen molar-refractivity contribution in [3.05, 3.63) is 112 Å². The quantitative estimate of drug-likeness (QED) is 0.253. The van der Waals surface area contributed by atoms with E-state index in [0.717, 1.165) is 16.6 Å². The van der Waals surface area contributed by atoms with Crippen molar-refractivity contribution < 1.29 is 14.1 Å². The van der Waals surface area contributed by atoms with Gasteiger partial charge in [-0.25, -0.2) is 4.39 Å². The van der Waals surface area contributed by atoms with E-state index in [1.807, 2.05) is 60.1 Å². The molecule has 0 saturated heterocycles. The highest BCUT2D eigenvalue weighted by atomic mass is 19.1. The van der Waals surface area contributed by atoms with E-state index < -0.39 is 16.7 Å². The number of nitrogens with zero attached hydrogens (tertiary/aromatic N) is 3. The highest BCUT2D eigenvalue weighted by Crippen LogP contribution is 2.37. The van der Waals surface area contributed by atoms with Crippen molar-refractivity contribution in [1.29, 1.82) is 0 Å². The second-order valence-electron chi connectivity index (χ2n) is 9.12. The largest absolute Gasteiger partial charge is 0.355 e. The first-order valence-corrected chi connectivity index (χ1v) is 11.8. The lowest BCUT2D eigenvalue weighted by Gasteiger charge is -2.18. The number of nitro benzene ring substituents is 1. The number of hydrogen-bond acceptors (Lipinski definition) is 4. The van der Waals surface area contributed by atoms with Gasteiger partial charge in [-0.15, -0.1) is 0 Å². The number of halogens is 1. The summed E-state index contributed by atoms with van der Waals surface area (Å²) < 4.78 is 16.3. The highest BCUT2D eigenvalue weighted by molar-refractivity contribution is 5.88. The van der Waals surface area contributed by atoms with E-state index >= 15 is 0 Å². The molecular formula is C28H29FN4O3. The summed E-state index contributed by atoms with van der Waals surface area (Å²) >= 11 is 0. The number of carbonyl (C=O) groups excluding carboxylic acids is 1. The van der Waals surface area contributed by atoms with E-state index in [1.54, 1.807) is 24.3 Å². The molecule has 186 valence electrons. The van der Waals surface area contributed by atoms with Gasteiger partial charge in [-0.2, -0.15) is 0 Å². The van der Waals surface area contributed by atoms with Crippen molar-refractivity contribution in [1.82, 2.24) is 14.8 Å². The molecule has 36 heavy (non-hydrogen) atoms. The van der Waals surface area contributed by atoms with Crippen LogP contribution < -0.4 is 5.32 Å². The molecule has 4 rings (SSSR count). The molecule has 8 heteroatoms. The molecule has 0 unspecified atom stereocenters. The number of carbonyl (C=O) groups is 1. The molecule has 0 saturated carbocycles. The van der Waals surface area contributed by atoms with E-state index in [9.17, 15) is 19.3 Å². The maximum absolute atomic E-state index is 14.2. The minimum atomic E-state index is -0.485. The molecule has 3 aromatic carbocycles. The van der Waals surface area contributed by atoms with Gasteiger partial charge >= 0.3 is 0 Å². The predicted molar refractivity (Wildman–Crippen MR) is 139 cm³/mol. The maximum atomic E-state index is 14.2. The number of non-ortho nitro benzene ring substituents is 1. The van der Waals surface area contributed by atoms with Crippen LogP contribution in [0.3, 0.4) is 0 Å². The fraction of sp³-hybridized carbons (Fsp3) is 0.250. The number of hydrogen-bond donors (Lipinski definition) is 1. The summed E-state index contributed by atoms with van der Waals surface area (Å²) in [5, 5.41) is 15.2. The third kappa shape index (κ3) is 5.95. The smallest absolute Gasteiger partial charge is 0.270 e. The van der Waals surface area contributed by atoms with Crippen molar-refractivity contribution in [2.45, 2.75) is 18.9 Å². The minimum absolute atomic E-state index is 0.0327. The zero-order valence-corrected chi connectivity index (χ0v) is 20.4. The van der Waals surface area contributed by atoms with Crippen LogP contribution >= 0.6 is 0 Å². The molecule has 0 aliphatic heterocycles. The molecule has 0 bridgehead atoms. The number of nitrogens with one attached hydrogen (secondary N) is 1. The van der Waals surface area contributed by atoms with E-state index in [0.29, 0.717) is 30.6 Å². The first-order chi connectivity index (χ1) is 17.3. The molecule has 1 heterocycles. The Kier molecular flexibility index (Phi) is 7.75. The van der Waals surface area contributed by atoms with Crippen molar-refractivity contribution in [2.24, 2.45) is 0 Å².